The van der Waals surface area contributed by atoms with Gasteiger partial charge in [-0.2, -0.15) is 0 Å². The van der Waals surface area contributed by atoms with Crippen LogP contribution in [0.2, 0.25) is 0 Å². The van der Waals surface area contributed by atoms with Crippen molar-refractivity contribution in [3.8, 4) is 0 Å². The van der Waals surface area contributed by atoms with Crippen LogP contribution in [-0.2, 0) is 4.74 Å². The van der Waals surface area contributed by atoms with Crippen LogP contribution in [0.4, 0.5) is 5.82 Å². The number of imidazole rings is 1. The number of carbonyl (C=O) groups excluding carboxylic acids is 1. The number of benzene rings is 1. The van der Waals surface area contributed by atoms with Crippen LogP contribution < -0.4 is 5.32 Å². The molecule has 1 aliphatic heterocycles. The molecule has 3 N–H and O–H groups in total. The molecule has 2 aromatic heterocycles. The number of aliphatic hydroxyl groups excluding tert-OH is 2. The van der Waals surface area contributed by atoms with E-state index in [0.717, 1.165) is 0 Å². The number of nitrogens with one attached hydrogen (secondary N) is 1. The summed E-state index contributed by atoms with van der Waals surface area (Å²) >= 11 is 0. The standard InChI is InChI=1S/C17H17N5O4/c23-7-11-6-12(24)17(26-11)22-9-20-13-14(18-8-19-15(13)22)21-16(25)10-4-2-1-3-5-10/h1-5,8-9,11-12,17,23-24H,6-7H2,(H,18,19,21,25)/t11-,12+,17+/m0/s1. The monoisotopic (exact) mass is 355 g/mol. The molecule has 26 heavy (non-hydrogen) atoms. The van der Waals surface area contributed by atoms with E-state index in [2.05, 4.69) is 20.3 Å². The van der Waals surface area contributed by atoms with Crippen molar-refractivity contribution in [2.24, 2.45) is 0 Å². The summed E-state index contributed by atoms with van der Waals surface area (Å²) in [5.41, 5.74) is 1.31. The summed E-state index contributed by atoms with van der Waals surface area (Å²) in [6, 6.07) is 8.77. The average molecular weight is 355 g/mol. The second-order valence-electron chi connectivity index (χ2n) is 6.00. The number of rotatable bonds is 4. The molecule has 0 radical (unpaired) electrons. The summed E-state index contributed by atoms with van der Waals surface area (Å²) in [6.07, 6.45) is 1.18. The second-order valence-corrected chi connectivity index (χ2v) is 6.00. The highest BCUT2D eigenvalue weighted by atomic mass is 16.5. The zero-order valence-electron chi connectivity index (χ0n) is 13.7. The van der Waals surface area contributed by atoms with Gasteiger partial charge in [-0.15, -0.1) is 0 Å². The maximum Gasteiger partial charge on any atom is 0.256 e. The minimum absolute atomic E-state index is 0.173. The predicted molar refractivity (Wildman–Crippen MR) is 91.3 cm³/mol. The fourth-order valence-corrected chi connectivity index (χ4v) is 3.00. The second kappa shape index (κ2) is 6.79. The molecule has 3 heterocycles. The summed E-state index contributed by atoms with van der Waals surface area (Å²) in [4.78, 5) is 24.9. The van der Waals surface area contributed by atoms with Crippen LogP contribution in [-0.4, -0.2) is 54.5 Å². The van der Waals surface area contributed by atoms with Gasteiger partial charge in [0.15, 0.2) is 23.2 Å². The third-order valence-corrected chi connectivity index (χ3v) is 4.27. The number of hydrogen-bond acceptors (Lipinski definition) is 7. The number of aromatic nitrogens is 4. The molecule has 0 saturated carbocycles. The third kappa shape index (κ3) is 2.92. The van der Waals surface area contributed by atoms with Gasteiger partial charge in [0, 0.05) is 12.0 Å². The van der Waals surface area contributed by atoms with Gasteiger partial charge in [-0.1, -0.05) is 18.2 Å². The Morgan fingerprint density at radius 2 is 2.08 bits per heavy atom. The lowest BCUT2D eigenvalue weighted by Gasteiger charge is -2.16. The van der Waals surface area contributed by atoms with Crippen LogP contribution in [0.25, 0.3) is 11.2 Å². The van der Waals surface area contributed by atoms with E-state index < -0.39 is 18.4 Å². The molecule has 1 aliphatic rings. The lowest BCUT2D eigenvalue weighted by molar-refractivity contribution is -0.0486. The SMILES string of the molecule is O=C(Nc1ncnc2c1ncn2[C@@H]1O[C@H](CO)C[C@H]1O)c1ccccc1. The van der Waals surface area contributed by atoms with Gasteiger partial charge in [0.2, 0.25) is 0 Å². The van der Waals surface area contributed by atoms with E-state index in [1.54, 1.807) is 28.8 Å². The lowest BCUT2D eigenvalue weighted by Crippen LogP contribution is -2.19. The van der Waals surface area contributed by atoms with Gasteiger partial charge >= 0.3 is 0 Å². The Kier molecular flexibility index (Phi) is 4.33. The molecule has 3 aromatic rings. The first-order valence-electron chi connectivity index (χ1n) is 8.15. The number of fused-ring (bicyclic) bond motifs is 1. The predicted octanol–water partition coefficient (Wildman–Crippen LogP) is 0.719. The molecule has 9 nitrogen and oxygen atoms in total. The van der Waals surface area contributed by atoms with Crippen LogP contribution in [0.5, 0.6) is 0 Å². The lowest BCUT2D eigenvalue weighted by atomic mass is 10.2. The zero-order valence-corrected chi connectivity index (χ0v) is 13.7. The van der Waals surface area contributed by atoms with Gasteiger partial charge in [-0.25, -0.2) is 15.0 Å². The molecule has 0 spiro atoms. The fraction of sp³-hybridized carbons (Fsp3) is 0.294. The first-order valence-corrected chi connectivity index (χ1v) is 8.15. The highest BCUT2D eigenvalue weighted by molar-refractivity contribution is 6.06. The van der Waals surface area contributed by atoms with Crippen LogP contribution in [0, 0.1) is 0 Å². The minimum atomic E-state index is -0.790. The molecule has 134 valence electrons. The Bertz CT molecular complexity index is 929. The molecule has 1 amide bonds. The van der Waals surface area contributed by atoms with Gasteiger partial charge in [0.05, 0.1) is 19.0 Å². The number of carbonyl (C=O) groups is 1. The highest BCUT2D eigenvalue weighted by Crippen LogP contribution is 2.31. The van der Waals surface area contributed by atoms with Crippen molar-refractivity contribution in [3.05, 3.63) is 48.5 Å². The van der Waals surface area contributed by atoms with Gasteiger partial charge in [0.25, 0.3) is 5.91 Å². The van der Waals surface area contributed by atoms with E-state index in [9.17, 15) is 15.0 Å². The molecule has 3 atom stereocenters. The Balaban J connectivity index is 1.64. The van der Waals surface area contributed by atoms with Crippen LogP contribution in [0.1, 0.15) is 23.0 Å². The Hall–Kier alpha value is -2.88. The van der Waals surface area contributed by atoms with Crippen molar-refractivity contribution in [2.75, 3.05) is 11.9 Å². The number of anilines is 1. The fourth-order valence-electron chi connectivity index (χ4n) is 3.00. The molecule has 1 fully saturated rings. The van der Waals surface area contributed by atoms with Gasteiger partial charge < -0.3 is 20.3 Å². The van der Waals surface area contributed by atoms with Gasteiger partial charge in [-0.05, 0) is 12.1 Å². The third-order valence-electron chi connectivity index (χ3n) is 4.27. The van der Waals surface area contributed by atoms with Crippen molar-refractivity contribution in [1.82, 2.24) is 19.5 Å². The summed E-state index contributed by atoms with van der Waals surface area (Å²) < 4.78 is 7.22. The molecule has 0 aliphatic carbocycles. The molecule has 9 heteroatoms. The summed E-state index contributed by atoms with van der Waals surface area (Å²) in [5, 5.41) is 22.1. The average Bonchev–Trinajstić information content (AvgIpc) is 3.26. The molecular weight excluding hydrogens is 338 g/mol. The molecular formula is C17H17N5O4. The first-order chi connectivity index (χ1) is 12.7. The van der Waals surface area contributed by atoms with Gasteiger partial charge in [0.1, 0.15) is 12.4 Å². The molecule has 4 rings (SSSR count). The molecule has 0 bridgehead atoms. The number of amides is 1. The number of hydrogen-bond donors (Lipinski definition) is 3. The number of ether oxygens (including phenoxy) is 1. The Morgan fingerprint density at radius 1 is 1.27 bits per heavy atom. The largest absolute Gasteiger partial charge is 0.394 e. The Morgan fingerprint density at radius 3 is 2.81 bits per heavy atom. The van der Waals surface area contributed by atoms with E-state index in [1.807, 2.05) is 6.07 Å². The van der Waals surface area contributed by atoms with E-state index in [1.165, 1.54) is 12.7 Å². The van der Waals surface area contributed by atoms with Crippen LogP contribution >= 0.6 is 0 Å². The number of aliphatic hydroxyl groups is 2. The van der Waals surface area contributed by atoms with Crippen molar-refractivity contribution in [2.45, 2.75) is 24.9 Å². The van der Waals surface area contributed by atoms with E-state index >= 15 is 0 Å². The van der Waals surface area contributed by atoms with Crippen LogP contribution in [0.3, 0.4) is 0 Å². The maximum absolute atomic E-state index is 12.4. The minimum Gasteiger partial charge on any atom is -0.394 e. The summed E-state index contributed by atoms with van der Waals surface area (Å²) in [7, 11) is 0. The van der Waals surface area contributed by atoms with E-state index in [4.69, 9.17) is 4.74 Å². The van der Waals surface area contributed by atoms with E-state index in [-0.39, 0.29) is 18.3 Å². The molecule has 1 saturated heterocycles. The smallest absolute Gasteiger partial charge is 0.256 e. The van der Waals surface area contributed by atoms with E-state index in [0.29, 0.717) is 23.1 Å². The summed E-state index contributed by atoms with van der Waals surface area (Å²) in [5.74, 6) is -0.0357. The zero-order chi connectivity index (χ0) is 18.1. The van der Waals surface area contributed by atoms with Gasteiger partial charge in [-0.3, -0.25) is 9.36 Å². The topological polar surface area (TPSA) is 122 Å². The van der Waals surface area contributed by atoms with Crippen molar-refractivity contribution < 1.29 is 19.7 Å². The van der Waals surface area contributed by atoms with Crippen LogP contribution in [0.15, 0.2) is 43.0 Å². The maximum atomic E-state index is 12.4. The first kappa shape index (κ1) is 16.6. The van der Waals surface area contributed by atoms with Crippen molar-refractivity contribution in [3.63, 3.8) is 0 Å². The highest BCUT2D eigenvalue weighted by Gasteiger charge is 2.36. The van der Waals surface area contributed by atoms with Crippen molar-refractivity contribution in [1.29, 1.82) is 0 Å². The normalized spacial score (nSPS) is 22.6. The quantitative estimate of drug-likeness (QED) is 0.630. The summed E-state index contributed by atoms with van der Waals surface area (Å²) in [6.45, 7) is -0.173. The molecule has 1 aromatic carbocycles. The Labute approximate surface area is 148 Å². The number of nitrogens with zero attached hydrogens (tertiary/aromatic N) is 4. The van der Waals surface area contributed by atoms with Crippen molar-refractivity contribution >= 4 is 22.9 Å². The molecule has 0 unspecified atom stereocenters.